The summed E-state index contributed by atoms with van der Waals surface area (Å²) in [5, 5.41) is 3.55. The van der Waals surface area contributed by atoms with Crippen LogP contribution < -0.4 is 5.32 Å². The largest absolute Gasteiger partial charge is 0.314 e. The van der Waals surface area contributed by atoms with Crippen molar-refractivity contribution in [2.45, 2.75) is 45.1 Å². The van der Waals surface area contributed by atoms with Crippen LogP contribution in [0.5, 0.6) is 0 Å². The third-order valence-corrected chi connectivity index (χ3v) is 4.80. The van der Waals surface area contributed by atoms with E-state index in [0.717, 1.165) is 6.04 Å². The van der Waals surface area contributed by atoms with Crippen LogP contribution in [0.2, 0.25) is 0 Å². The van der Waals surface area contributed by atoms with Crippen molar-refractivity contribution in [1.29, 1.82) is 0 Å². The molecular formula is C12H18BrNS. The summed E-state index contributed by atoms with van der Waals surface area (Å²) in [7, 11) is 0. The van der Waals surface area contributed by atoms with Crippen LogP contribution in [0.1, 0.15) is 35.4 Å². The van der Waals surface area contributed by atoms with Crippen molar-refractivity contribution in [1.82, 2.24) is 5.32 Å². The molecule has 1 N–H and O–H groups in total. The van der Waals surface area contributed by atoms with E-state index in [1.54, 1.807) is 0 Å². The fourth-order valence-electron chi connectivity index (χ4n) is 1.71. The maximum absolute atomic E-state index is 3.61. The molecule has 0 saturated heterocycles. The highest BCUT2D eigenvalue weighted by Gasteiger charge is 2.19. The summed E-state index contributed by atoms with van der Waals surface area (Å²) in [6.45, 7) is 3.38. The Labute approximate surface area is 104 Å². The second kappa shape index (κ2) is 5.46. The molecular weight excluding hydrogens is 270 g/mol. The van der Waals surface area contributed by atoms with Crippen molar-refractivity contribution in [3.8, 4) is 0 Å². The normalized spacial score (nSPS) is 15.9. The molecule has 0 amide bonds. The van der Waals surface area contributed by atoms with Crippen LogP contribution in [0.3, 0.4) is 0 Å². The summed E-state index contributed by atoms with van der Waals surface area (Å²) in [5.74, 6) is 0. The van der Waals surface area contributed by atoms with Crippen LogP contribution >= 0.6 is 27.3 Å². The average molecular weight is 288 g/mol. The lowest BCUT2D eigenvalue weighted by Crippen LogP contribution is -2.17. The van der Waals surface area contributed by atoms with Gasteiger partial charge in [0.2, 0.25) is 0 Å². The molecule has 1 aromatic heterocycles. The van der Waals surface area contributed by atoms with E-state index in [1.165, 1.54) is 52.9 Å². The first kappa shape index (κ1) is 11.6. The van der Waals surface area contributed by atoms with Gasteiger partial charge in [0, 0.05) is 20.3 Å². The Balaban J connectivity index is 1.62. The first-order chi connectivity index (χ1) is 7.25. The van der Waals surface area contributed by atoms with Crippen molar-refractivity contribution in [2.75, 3.05) is 6.54 Å². The fourth-order valence-corrected chi connectivity index (χ4v) is 3.61. The monoisotopic (exact) mass is 287 g/mol. The molecule has 1 saturated carbocycles. The highest BCUT2D eigenvalue weighted by Crippen LogP contribution is 2.28. The minimum atomic E-state index is 0.862. The summed E-state index contributed by atoms with van der Waals surface area (Å²) in [6.07, 6.45) is 6.63. The summed E-state index contributed by atoms with van der Waals surface area (Å²) in [6, 6.07) is 3.09. The van der Waals surface area contributed by atoms with Gasteiger partial charge < -0.3 is 5.32 Å². The topological polar surface area (TPSA) is 12.0 Å². The van der Waals surface area contributed by atoms with Gasteiger partial charge in [-0.05, 0) is 67.6 Å². The summed E-state index contributed by atoms with van der Waals surface area (Å²) in [5.41, 5.74) is 0. The van der Waals surface area contributed by atoms with Crippen molar-refractivity contribution >= 4 is 27.3 Å². The second-order valence-corrected chi connectivity index (χ2v) is 6.51. The van der Waals surface area contributed by atoms with Crippen LogP contribution in [0.4, 0.5) is 0 Å². The molecule has 1 aliphatic rings. The molecule has 1 fully saturated rings. The fraction of sp³-hybridized carbons (Fsp3) is 0.667. The minimum Gasteiger partial charge on any atom is -0.314 e. The van der Waals surface area contributed by atoms with E-state index >= 15 is 0 Å². The van der Waals surface area contributed by atoms with Gasteiger partial charge in [-0.25, -0.2) is 0 Å². The van der Waals surface area contributed by atoms with E-state index < -0.39 is 0 Å². The quantitative estimate of drug-likeness (QED) is 0.783. The Morgan fingerprint density at radius 1 is 1.47 bits per heavy atom. The molecule has 1 aromatic rings. The second-order valence-electron chi connectivity index (χ2n) is 4.31. The Morgan fingerprint density at radius 3 is 2.87 bits per heavy atom. The number of aryl methyl sites for hydroxylation is 2. The van der Waals surface area contributed by atoms with Crippen molar-refractivity contribution in [3.05, 3.63) is 20.3 Å². The van der Waals surface area contributed by atoms with E-state index in [-0.39, 0.29) is 0 Å². The molecule has 0 aliphatic heterocycles. The first-order valence-corrected chi connectivity index (χ1v) is 7.35. The van der Waals surface area contributed by atoms with Gasteiger partial charge in [0.25, 0.3) is 0 Å². The molecule has 1 aliphatic carbocycles. The van der Waals surface area contributed by atoms with Crippen molar-refractivity contribution < 1.29 is 0 Å². The number of hydrogen-bond acceptors (Lipinski definition) is 2. The molecule has 15 heavy (non-hydrogen) atoms. The highest BCUT2D eigenvalue weighted by molar-refractivity contribution is 9.10. The predicted octanol–water partition coefficient (Wildman–Crippen LogP) is 3.89. The van der Waals surface area contributed by atoms with Crippen molar-refractivity contribution in [3.63, 3.8) is 0 Å². The molecule has 1 nitrogen and oxygen atoms in total. The van der Waals surface area contributed by atoms with Gasteiger partial charge in [-0.2, -0.15) is 0 Å². The maximum Gasteiger partial charge on any atom is 0.0317 e. The van der Waals surface area contributed by atoms with Gasteiger partial charge in [0.05, 0.1) is 0 Å². The lowest BCUT2D eigenvalue weighted by Gasteiger charge is -2.02. The van der Waals surface area contributed by atoms with Crippen molar-refractivity contribution in [2.24, 2.45) is 0 Å². The number of unbranched alkanes of at least 4 members (excludes halogenated alkanes) is 1. The van der Waals surface area contributed by atoms with Crippen LogP contribution in [-0.2, 0) is 6.42 Å². The number of nitrogens with one attached hydrogen (secondary N) is 1. The van der Waals surface area contributed by atoms with E-state index in [4.69, 9.17) is 0 Å². The average Bonchev–Trinajstić information content (AvgIpc) is 2.94. The van der Waals surface area contributed by atoms with E-state index in [0.29, 0.717) is 0 Å². The number of halogens is 1. The Kier molecular flexibility index (Phi) is 4.23. The first-order valence-electron chi connectivity index (χ1n) is 5.74. The number of hydrogen-bond donors (Lipinski definition) is 1. The predicted molar refractivity (Wildman–Crippen MR) is 70.7 cm³/mol. The lowest BCUT2D eigenvalue weighted by atomic mass is 10.2. The zero-order valence-electron chi connectivity index (χ0n) is 9.18. The zero-order chi connectivity index (χ0) is 10.7. The molecule has 0 unspecified atom stereocenters. The minimum absolute atomic E-state index is 0.862. The Hall–Kier alpha value is 0.140. The number of rotatable bonds is 6. The van der Waals surface area contributed by atoms with Gasteiger partial charge in [-0.15, -0.1) is 11.3 Å². The molecule has 0 aromatic carbocycles. The van der Waals surface area contributed by atoms with Gasteiger partial charge in [-0.1, -0.05) is 0 Å². The SMILES string of the molecule is Cc1cc(Br)c(CCCCNC2CC2)s1. The van der Waals surface area contributed by atoms with Crippen LogP contribution in [0.25, 0.3) is 0 Å². The molecule has 2 rings (SSSR count). The van der Waals surface area contributed by atoms with E-state index in [1.807, 2.05) is 11.3 Å². The highest BCUT2D eigenvalue weighted by atomic mass is 79.9. The van der Waals surface area contributed by atoms with Gasteiger partial charge >= 0.3 is 0 Å². The molecule has 0 spiro atoms. The van der Waals surface area contributed by atoms with Crippen LogP contribution in [-0.4, -0.2) is 12.6 Å². The summed E-state index contributed by atoms with van der Waals surface area (Å²) < 4.78 is 1.31. The van der Waals surface area contributed by atoms with E-state index in [2.05, 4.69) is 34.2 Å². The Bertz CT molecular complexity index is 317. The molecule has 1 heterocycles. The lowest BCUT2D eigenvalue weighted by molar-refractivity contribution is 0.621. The molecule has 84 valence electrons. The zero-order valence-corrected chi connectivity index (χ0v) is 11.6. The molecule has 0 radical (unpaired) electrons. The maximum atomic E-state index is 3.61. The van der Waals surface area contributed by atoms with Gasteiger partial charge in [0.15, 0.2) is 0 Å². The third kappa shape index (κ3) is 3.89. The summed E-state index contributed by atoms with van der Waals surface area (Å²) in [4.78, 5) is 2.92. The Morgan fingerprint density at radius 2 is 2.27 bits per heavy atom. The molecule has 0 bridgehead atoms. The standard InChI is InChI=1S/C12H18BrNS/c1-9-8-11(13)12(15-9)4-2-3-7-14-10-5-6-10/h8,10,14H,2-7H2,1H3. The smallest absolute Gasteiger partial charge is 0.0317 e. The van der Waals surface area contributed by atoms with Gasteiger partial charge in [0.1, 0.15) is 0 Å². The van der Waals surface area contributed by atoms with Crippen LogP contribution in [0, 0.1) is 6.92 Å². The number of thiophene rings is 1. The molecule has 0 atom stereocenters. The third-order valence-electron chi connectivity index (χ3n) is 2.72. The molecule has 3 heteroatoms. The van der Waals surface area contributed by atoms with Gasteiger partial charge in [-0.3, -0.25) is 0 Å². The van der Waals surface area contributed by atoms with E-state index in [9.17, 15) is 0 Å². The van der Waals surface area contributed by atoms with Crippen LogP contribution in [0.15, 0.2) is 10.5 Å². The summed E-state index contributed by atoms with van der Waals surface area (Å²) >= 11 is 5.54.